The average molecular weight is 1370 g/mol. The van der Waals surface area contributed by atoms with Crippen molar-refractivity contribution >= 4 is 95.5 Å². The molecule has 0 aromatic heterocycles. The molecule has 12 amide bonds. The Bertz CT molecular complexity index is 2820. The molecular formula is C57H90F5N15O16S. The number of carbonyl (C=O) groups excluding carboxylic acids is 12. The summed E-state index contributed by atoms with van der Waals surface area (Å²) in [6.45, 7) is 9.31. The Kier molecular flexibility index (Phi) is 37.5. The lowest BCUT2D eigenvalue weighted by atomic mass is 9.98. The summed E-state index contributed by atoms with van der Waals surface area (Å²) < 4.78 is 70.5. The van der Waals surface area contributed by atoms with Crippen LogP contribution in [-0.4, -0.2) is 179 Å². The number of aliphatic carboxylic acids is 2. The molecule has 22 N–H and O–H groups in total. The summed E-state index contributed by atoms with van der Waals surface area (Å²) in [6.07, 6.45) is -3.59. The number of carbonyl (C=O) groups is 14. The molecule has 0 spiro atoms. The van der Waals surface area contributed by atoms with Crippen LogP contribution in [0.2, 0.25) is 0 Å². The third-order valence-corrected chi connectivity index (χ3v) is 14.7. The molecule has 0 unspecified atom stereocenters. The maximum atomic E-state index is 14.5. The van der Waals surface area contributed by atoms with E-state index in [4.69, 9.17) is 28.7 Å². The second-order valence-corrected chi connectivity index (χ2v) is 23.5. The molecule has 94 heavy (non-hydrogen) atoms. The second kappa shape index (κ2) is 42.1. The van der Waals surface area contributed by atoms with Crippen LogP contribution in [0.3, 0.4) is 0 Å². The van der Waals surface area contributed by atoms with E-state index >= 15 is 0 Å². The minimum atomic E-state index is -2.49. The number of hydrogen-bond acceptors (Lipinski definition) is 18. The fourth-order valence-corrected chi connectivity index (χ4v) is 9.19. The van der Waals surface area contributed by atoms with Crippen molar-refractivity contribution in [2.75, 3.05) is 25.4 Å². The van der Waals surface area contributed by atoms with E-state index in [-0.39, 0.29) is 57.5 Å². The molecule has 1 rings (SSSR count). The number of amides is 12. The van der Waals surface area contributed by atoms with Crippen LogP contribution < -0.4 is 81.8 Å². The highest BCUT2D eigenvalue weighted by atomic mass is 32.1. The molecule has 0 aliphatic heterocycles. The second-order valence-electron chi connectivity index (χ2n) is 23.1. The first-order chi connectivity index (χ1) is 43.9. The van der Waals surface area contributed by atoms with Gasteiger partial charge in [-0.1, -0.05) is 48.0 Å². The number of unbranched alkanes of at least 4 members (excludes halogenated alkanes) is 2. The van der Waals surface area contributed by atoms with E-state index in [2.05, 4.69) is 60.5 Å². The monoisotopic (exact) mass is 1370 g/mol. The topological polar surface area (TPSA) is 530 Å². The number of nitrogens with one attached hydrogen (secondary N) is 10. The van der Waals surface area contributed by atoms with Crippen LogP contribution in [0.5, 0.6) is 0 Å². The maximum absolute atomic E-state index is 14.5. The summed E-state index contributed by atoms with van der Waals surface area (Å²) in [5.41, 5.74) is 26.7. The highest BCUT2D eigenvalue weighted by Crippen LogP contribution is 2.24. The summed E-state index contributed by atoms with van der Waals surface area (Å²) >= 11 is 4.06. The fourth-order valence-electron chi connectivity index (χ4n) is 8.93. The van der Waals surface area contributed by atoms with Crippen LogP contribution in [0.25, 0.3) is 0 Å². The van der Waals surface area contributed by atoms with Gasteiger partial charge >= 0.3 is 11.9 Å². The van der Waals surface area contributed by atoms with Crippen molar-refractivity contribution in [3.05, 3.63) is 34.6 Å². The first-order valence-electron chi connectivity index (χ1n) is 30.2. The molecule has 31 nitrogen and oxygen atoms in total. The molecule has 0 aliphatic rings. The molecule has 0 saturated heterocycles. The Balaban J connectivity index is 3.43. The lowest BCUT2D eigenvalue weighted by molar-refractivity contribution is -0.141. The van der Waals surface area contributed by atoms with E-state index in [0.717, 1.165) is 0 Å². The summed E-state index contributed by atoms with van der Waals surface area (Å²) in [7, 11) is 0. The zero-order valence-corrected chi connectivity index (χ0v) is 54.0. The minimum absolute atomic E-state index is 0.0177. The maximum Gasteiger partial charge on any atom is 0.305 e. The summed E-state index contributed by atoms with van der Waals surface area (Å²) in [4.78, 5) is 185. The lowest BCUT2D eigenvalue weighted by Crippen LogP contribution is -2.61. The zero-order chi connectivity index (χ0) is 71.9. The molecular weight excluding hydrogens is 1280 g/mol. The van der Waals surface area contributed by atoms with E-state index in [1.165, 1.54) is 0 Å². The highest BCUT2D eigenvalue weighted by molar-refractivity contribution is 7.80. The van der Waals surface area contributed by atoms with Gasteiger partial charge in [-0.05, 0) is 88.6 Å². The number of nitrogens with two attached hydrogens (primary N) is 5. The highest BCUT2D eigenvalue weighted by Gasteiger charge is 2.37. The summed E-state index contributed by atoms with van der Waals surface area (Å²) in [5.74, 6) is -30.1. The third-order valence-electron chi connectivity index (χ3n) is 14.4. The molecule has 530 valence electrons. The van der Waals surface area contributed by atoms with Gasteiger partial charge in [0, 0.05) is 24.2 Å². The van der Waals surface area contributed by atoms with Gasteiger partial charge in [0.2, 0.25) is 76.7 Å². The van der Waals surface area contributed by atoms with E-state index < -0.39 is 234 Å². The van der Waals surface area contributed by atoms with Crippen molar-refractivity contribution in [2.45, 2.75) is 192 Å². The largest absolute Gasteiger partial charge is 0.481 e. The number of carboxylic acid groups (broad SMARTS) is 2. The van der Waals surface area contributed by atoms with Gasteiger partial charge in [0.1, 0.15) is 54.4 Å². The van der Waals surface area contributed by atoms with Crippen molar-refractivity contribution in [3.63, 3.8) is 0 Å². The Morgan fingerprint density at radius 1 is 0.457 bits per heavy atom. The van der Waals surface area contributed by atoms with E-state index in [1.54, 1.807) is 41.5 Å². The molecule has 0 radical (unpaired) electrons. The van der Waals surface area contributed by atoms with Crippen LogP contribution in [0.4, 0.5) is 22.0 Å². The van der Waals surface area contributed by atoms with Gasteiger partial charge in [0.05, 0.1) is 25.4 Å². The molecule has 1 aromatic carbocycles. The predicted octanol–water partition coefficient (Wildman–Crippen LogP) is -3.24. The Hall–Kier alpha value is -8.32. The smallest absolute Gasteiger partial charge is 0.305 e. The Labute approximate surface area is 544 Å². The molecule has 0 fully saturated rings. The van der Waals surface area contributed by atoms with Crippen molar-refractivity contribution in [3.8, 4) is 0 Å². The number of carboxylic acids is 2. The number of halogens is 5. The summed E-state index contributed by atoms with van der Waals surface area (Å²) in [6, 6.07) is -16.5. The molecule has 0 heterocycles. The molecule has 0 bridgehead atoms. The van der Waals surface area contributed by atoms with E-state index in [1.807, 2.05) is 5.32 Å². The van der Waals surface area contributed by atoms with E-state index in [0.29, 0.717) is 19.3 Å². The van der Waals surface area contributed by atoms with Gasteiger partial charge in [0.25, 0.3) is 0 Å². The SMILES string of the molecule is CC[C@H](C)[C@H](N)C(=O)N[C@@H](CCCCN)C(=O)N[C@@H](CCC(=O)O)C(=O)N[C@@H](CC(N)=O)C(=O)N[C@@H](CC(C)C)C(=O)N[C@@H](CCCCN)C(=O)N[C@@H](CC(=O)O)C(=O)N[C@@H](CS)C(=O)NCC(=O)N[C@@H](CC(C)C)C(=O)N[C@@H](Cc1c(F)c(F)c(F)c(F)c1F)C(N)=O. The van der Waals surface area contributed by atoms with Gasteiger partial charge in [-0.2, -0.15) is 12.6 Å². The molecule has 0 saturated carbocycles. The number of rotatable bonds is 45. The quantitative estimate of drug-likeness (QED) is 0.0100. The standard InChI is InChI=1S/C57H90F5N15O16S/c1-7-27(6)47(66)57(93)72-30(13-9-11-17-64)50(86)71-31(14-15-40(80)81)52(88)75-35(21-38(65)78)55(91)74-34(19-26(4)5)54(90)70-29(12-8-10-16-63)51(87)76-36(22-41(82)83)56(92)77-37(24-94)49(85)68-23-39(79)69-33(18-25(2)3)53(89)73-32(48(67)84)20-28-42(58)44(60)46(62)45(61)43(28)59/h25-27,29-37,47,94H,7-24,63-64,66H2,1-6H3,(H2,65,78)(H2,67,84)(H,68,85)(H,69,79)(H,70,90)(H,71,86)(H,72,93)(H,73,89)(H,74,91)(H,75,88)(H,76,87)(H,77,92)(H,80,81)(H,82,83)/t27-,29-,30-,31-,32-,33-,34-,35-,36-,37-,47-/m0/s1. The van der Waals surface area contributed by atoms with Crippen molar-refractivity contribution < 1.29 is 99.3 Å². The predicted molar refractivity (Wildman–Crippen MR) is 328 cm³/mol. The Morgan fingerprint density at radius 3 is 1.23 bits per heavy atom. The lowest BCUT2D eigenvalue weighted by Gasteiger charge is -2.28. The van der Waals surface area contributed by atoms with Crippen molar-refractivity contribution in [1.82, 2.24) is 53.2 Å². The van der Waals surface area contributed by atoms with Crippen LogP contribution in [0.15, 0.2) is 0 Å². The molecule has 0 aliphatic carbocycles. The van der Waals surface area contributed by atoms with Gasteiger partial charge in [0.15, 0.2) is 23.3 Å². The molecule has 37 heteroatoms. The average Bonchev–Trinajstić information content (AvgIpc) is 0.799. The van der Waals surface area contributed by atoms with Gasteiger partial charge < -0.3 is 92.0 Å². The molecule has 1 aromatic rings. The van der Waals surface area contributed by atoms with E-state index in [9.17, 15) is 99.3 Å². The molecule has 11 atom stereocenters. The summed E-state index contributed by atoms with van der Waals surface area (Å²) in [5, 5.41) is 42.3. The third kappa shape index (κ3) is 29.3. The van der Waals surface area contributed by atoms with Crippen molar-refractivity contribution in [1.29, 1.82) is 0 Å². The number of benzene rings is 1. The Morgan fingerprint density at radius 2 is 0.830 bits per heavy atom. The van der Waals surface area contributed by atoms with Crippen molar-refractivity contribution in [2.24, 2.45) is 46.4 Å². The zero-order valence-electron chi connectivity index (χ0n) is 53.1. The van der Waals surface area contributed by atoms with Gasteiger partial charge in [-0.25, -0.2) is 22.0 Å². The fraction of sp³-hybridized carbons (Fsp3) is 0.649. The van der Waals surface area contributed by atoms with Crippen LogP contribution in [0, 0.1) is 46.8 Å². The van der Waals surface area contributed by atoms with Gasteiger partial charge in [-0.15, -0.1) is 0 Å². The van der Waals surface area contributed by atoms with Crippen LogP contribution in [0.1, 0.15) is 131 Å². The first-order valence-corrected chi connectivity index (χ1v) is 30.9. The van der Waals surface area contributed by atoms with Crippen LogP contribution >= 0.6 is 12.6 Å². The number of hydrogen-bond donors (Lipinski definition) is 18. The van der Waals surface area contributed by atoms with Gasteiger partial charge in [-0.3, -0.25) is 67.1 Å². The normalized spacial score (nSPS) is 14.7. The first kappa shape index (κ1) is 83.7. The van der Waals surface area contributed by atoms with Crippen LogP contribution in [-0.2, 0) is 73.5 Å². The minimum Gasteiger partial charge on any atom is -0.481 e. The number of primary amides is 2. The number of thiol groups is 1.